The van der Waals surface area contributed by atoms with Crippen molar-refractivity contribution >= 4 is 22.1 Å². The van der Waals surface area contributed by atoms with Crippen molar-refractivity contribution in [2.24, 2.45) is 0 Å². The Bertz CT molecular complexity index is 1220. The molecular weight excluding hydrogens is 400 g/mol. The Hall–Kier alpha value is -2.97. The van der Waals surface area contributed by atoms with Gasteiger partial charge in [0.2, 0.25) is 0 Å². The van der Waals surface area contributed by atoms with Gasteiger partial charge in [0.15, 0.2) is 0 Å². The van der Waals surface area contributed by atoms with Gasteiger partial charge in [-0.2, -0.15) is 0 Å². The lowest BCUT2D eigenvalue weighted by atomic mass is 9.99. The number of likely N-dealkylation sites (tertiary alicyclic amines) is 1. The maximum atomic E-state index is 15.5. The van der Waals surface area contributed by atoms with Gasteiger partial charge in [-0.25, -0.2) is 13.8 Å². The molecule has 31 heavy (non-hydrogen) atoms. The molecular formula is C23H23F2N5O. The molecule has 2 atom stereocenters. The van der Waals surface area contributed by atoms with Gasteiger partial charge in [-0.05, 0) is 31.0 Å². The third-order valence-corrected chi connectivity index (χ3v) is 5.88. The Balaban J connectivity index is 1.57. The minimum atomic E-state index is -3.01. The second kappa shape index (κ2) is 7.62. The zero-order valence-electron chi connectivity index (χ0n) is 17.1. The number of aliphatic hydroxyl groups excluding tert-OH is 1. The molecule has 5 rings (SSSR count). The van der Waals surface area contributed by atoms with Crippen LogP contribution in [0.1, 0.15) is 36.9 Å². The third-order valence-electron chi connectivity index (χ3n) is 5.88. The average molecular weight is 423 g/mol. The number of imidazole rings is 1. The molecule has 0 radical (unpaired) electrons. The minimum absolute atomic E-state index is 0.219. The number of hydrogen-bond donors (Lipinski definition) is 1. The molecule has 1 aromatic carbocycles. The van der Waals surface area contributed by atoms with Crippen molar-refractivity contribution in [2.75, 3.05) is 13.1 Å². The van der Waals surface area contributed by atoms with Gasteiger partial charge < -0.3 is 9.67 Å². The van der Waals surface area contributed by atoms with E-state index in [1.54, 1.807) is 36.4 Å². The highest BCUT2D eigenvalue weighted by molar-refractivity contribution is 5.99. The van der Waals surface area contributed by atoms with Crippen molar-refractivity contribution in [3.8, 4) is 0 Å². The van der Waals surface area contributed by atoms with Gasteiger partial charge in [0.05, 0.1) is 23.8 Å². The van der Waals surface area contributed by atoms with Crippen LogP contribution in [-0.4, -0.2) is 48.5 Å². The largest absolute Gasteiger partial charge is 0.385 e. The lowest BCUT2D eigenvalue weighted by molar-refractivity contribution is -0.106. The van der Waals surface area contributed by atoms with Gasteiger partial charge in [-0.3, -0.25) is 14.9 Å². The summed E-state index contributed by atoms with van der Waals surface area (Å²) in [6, 6.07) is 12.1. The minimum Gasteiger partial charge on any atom is -0.385 e. The van der Waals surface area contributed by atoms with Crippen molar-refractivity contribution < 1.29 is 13.9 Å². The van der Waals surface area contributed by atoms with Crippen LogP contribution < -0.4 is 0 Å². The molecule has 0 saturated carbocycles. The molecule has 3 aromatic heterocycles. The van der Waals surface area contributed by atoms with Crippen LogP contribution in [0.4, 0.5) is 8.78 Å². The van der Waals surface area contributed by atoms with E-state index in [0.717, 1.165) is 5.56 Å². The van der Waals surface area contributed by atoms with E-state index < -0.39 is 18.1 Å². The maximum absolute atomic E-state index is 15.5. The molecule has 0 spiro atoms. The van der Waals surface area contributed by atoms with E-state index in [4.69, 9.17) is 0 Å². The van der Waals surface area contributed by atoms with Gasteiger partial charge in [-0.15, -0.1) is 0 Å². The summed E-state index contributed by atoms with van der Waals surface area (Å²) in [6.07, 6.45) is 2.42. The standard InChI is InChI=1S/C23H23F2N5O/c1-15(31)22-28-18-12-27-17-8-5-10-26-20(17)21(18)30(22)19-9-11-29(14-23(19,24)25)13-16-6-3-2-4-7-16/h2-8,10,12,15,19,31H,9,11,13-14H2,1H3. The molecule has 160 valence electrons. The molecule has 1 saturated heterocycles. The van der Waals surface area contributed by atoms with E-state index >= 15 is 8.78 Å². The van der Waals surface area contributed by atoms with Gasteiger partial charge in [-0.1, -0.05) is 30.3 Å². The zero-order chi connectivity index (χ0) is 21.6. The summed E-state index contributed by atoms with van der Waals surface area (Å²) in [4.78, 5) is 15.0. The highest BCUT2D eigenvalue weighted by Crippen LogP contribution is 2.41. The fourth-order valence-electron chi connectivity index (χ4n) is 4.51. The van der Waals surface area contributed by atoms with E-state index in [-0.39, 0.29) is 18.8 Å². The number of fused-ring (bicyclic) bond motifs is 3. The topological polar surface area (TPSA) is 67.1 Å². The Kier molecular flexibility index (Phi) is 4.91. The van der Waals surface area contributed by atoms with E-state index in [1.807, 2.05) is 30.3 Å². The number of alkyl halides is 2. The number of piperidine rings is 1. The summed E-state index contributed by atoms with van der Waals surface area (Å²) >= 11 is 0. The lowest BCUT2D eigenvalue weighted by Gasteiger charge is -2.39. The van der Waals surface area contributed by atoms with Gasteiger partial charge in [0.25, 0.3) is 5.92 Å². The first-order valence-electron chi connectivity index (χ1n) is 10.4. The Morgan fingerprint density at radius 2 is 1.94 bits per heavy atom. The number of benzene rings is 1. The first-order chi connectivity index (χ1) is 14.9. The molecule has 6 nitrogen and oxygen atoms in total. The molecule has 1 aliphatic heterocycles. The number of rotatable bonds is 4. The number of hydrogen-bond acceptors (Lipinski definition) is 5. The molecule has 8 heteroatoms. The smallest absolute Gasteiger partial charge is 0.280 e. The Morgan fingerprint density at radius 3 is 2.68 bits per heavy atom. The summed E-state index contributed by atoms with van der Waals surface area (Å²) < 4.78 is 32.6. The molecule has 2 unspecified atom stereocenters. The molecule has 0 bridgehead atoms. The predicted octanol–water partition coefficient (Wildman–Crippen LogP) is 4.12. The second-order valence-corrected chi connectivity index (χ2v) is 8.14. The number of halogens is 2. The Labute approximate surface area is 178 Å². The molecule has 0 aliphatic carbocycles. The molecule has 0 amide bonds. The SMILES string of the molecule is CC(O)c1nc2cnc3cccnc3c2n1C1CCN(Cc2ccccc2)CC1(F)F. The van der Waals surface area contributed by atoms with E-state index in [0.29, 0.717) is 35.2 Å². The summed E-state index contributed by atoms with van der Waals surface area (Å²) in [5.74, 6) is -2.79. The average Bonchev–Trinajstić information content (AvgIpc) is 3.14. The highest BCUT2D eigenvalue weighted by atomic mass is 19.3. The fraction of sp³-hybridized carbons (Fsp3) is 0.348. The molecule has 4 aromatic rings. The van der Waals surface area contributed by atoms with Crippen LogP contribution in [0.25, 0.3) is 22.1 Å². The van der Waals surface area contributed by atoms with E-state index in [9.17, 15) is 5.11 Å². The summed E-state index contributed by atoms with van der Waals surface area (Å²) in [6.45, 7) is 2.18. The Morgan fingerprint density at radius 1 is 1.13 bits per heavy atom. The molecule has 4 heterocycles. The number of aliphatic hydroxyl groups is 1. The van der Waals surface area contributed by atoms with Crippen LogP contribution >= 0.6 is 0 Å². The normalized spacial score (nSPS) is 20.3. The van der Waals surface area contributed by atoms with Crippen LogP contribution in [0, 0.1) is 0 Å². The number of aromatic nitrogens is 4. The number of nitrogens with zero attached hydrogens (tertiary/aromatic N) is 5. The van der Waals surface area contributed by atoms with E-state index in [2.05, 4.69) is 15.0 Å². The first kappa shape index (κ1) is 20.0. The highest BCUT2D eigenvalue weighted by Gasteiger charge is 2.47. The predicted molar refractivity (Wildman–Crippen MR) is 114 cm³/mol. The lowest BCUT2D eigenvalue weighted by Crippen LogP contribution is -2.49. The maximum Gasteiger partial charge on any atom is 0.280 e. The van der Waals surface area contributed by atoms with Crippen molar-refractivity contribution in [1.29, 1.82) is 0 Å². The van der Waals surface area contributed by atoms with Crippen molar-refractivity contribution in [3.05, 3.63) is 66.2 Å². The first-order valence-corrected chi connectivity index (χ1v) is 10.4. The molecule has 1 N–H and O–H groups in total. The monoisotopic (exact) mass is 423 g/mol. The van der Waals surface area contributed by atoms with Gasteiger partial charge >= 0.3 is 0 Å². The molecule has 1 aliphatic rings. The quantitative estimate of drug-likeness (QED) is 0.535. The van der Waals surface area contributed by atoms with Crippen LogP contribution in [0.15, 0.2) is 54.9 Å². The summed E-state index contributed by atoms with van der Waals surface area (Å²) in [5, 5.41) is 10.3. The van der Waals surface area contributed by atoms with Gasteiger partial charge in [0, 0.05) is 19.3 Å². The molecule has 1 fully saturated rings. The second-order valence-electron chi connectivity index (χ2n) is 8.14. The van der Waals surface area contributed by atoms with Gasteiger partial charge in [0.1, 0.15) is 29.0 Å². The van der Waals surface area contributed by atoms with Crippen molar-refractivity contribution in [2.45, 2.75) is 38.0 Å². The van der Waals surface area contributed by atoms with Crippen molar-refractivity contribution in [3.63, 3.8) is 0 Å². The van der Waals surface area contributed by atoms with Crippen LogP contribution in [0.5, 0.6) is 0 Å². The van der Waals surface area contributed by atoms with Crippen LogP contribution in [-0.2, 0) is 6.54 Å². The summed E-state index contributed by atoms with van der Waals surface area (Å²) in [7, 11) is 0. The number of pyridine rings is 2. The van der Waals surface area contributed by atoms with Crippen molar-refractivity contribution in [1.82, 2.24) is 24.4 Å². The van der Waals surface area contributed by atoms with Crippen LogP contribution in [0.3, 0.4) is 0 Å². The third kappa shape index (κ3) is 3.55. The van der Waals surface area contributed by atoms with E-state index in [1.165, 1.54) is 4.57 Å². The van der Waals surface area contributed by atoms with Crippen LogP contribution in [0.2, 0.25) is 0 Å². The fourth-order valence-corrected chi connectivity index (χ4v) is 4.51. The summed E-state index contributed by atoms with van der Waals surface area (Å²) in [5.41, 5.74) is 3.10. The zero-order valence-corrected chi connectivity index (χ0v) is 17.1.